The summed E-state index contributed by atoms with van der Waals surface area (Å²) in [6.45, 7) is 0. The molecule has 0 atom stereocenters. The number of nitrogens with zero attached hydrogens (tertiary/aromatic N) is 3. The number of anilines is 3. The van der Waals surface area contributed by atoms with Gasteiger partial charge in [-0.2, -0.15) is 9.61 Å². The van der Waals surface area contributed by atoms with Crippen LogP contribution in [0.1, 0.15) is 24.8 Å². The zero-order chi connectivity index (χ0) is 20.8. The number of nitrogens with one attached hydrogen (secondary N) is 3. The van der Waals surface area contributed by atoms with Crippen LogP contribution in [-0.4, -0.2) is 32.5 Å². The minimum atomic E-state index is -1.01. The number of amides is 2. The number of benzene rings is 1. The van der Waals surface area contributed by atoms with Crippen LogP contribution in [0.3, 0.4) is 0 Å². The normalized spacial score (nSPS) is 17.6. The highest BCUT2D eigenvalue weighted by molar-refractivity contribution is 6.15. The average Bonchev–Trinajstić information content (AvgIpc) is 3.34. The van der Waals surface area contributed by atoms with Gasteiger partial charge in [0.15, 0.2) is 17.3 Å². The van der Waals surface area contributed by atoms with Crippen LogP contribution in [0.2, 0.25) is 0 Å². The topological polar surface area (TPSA) is 100 Å². The summed E-state index contributed by atoms with van der Waals surface area (Å²) < 4.78 is 29.3. The van der Waals surface area contributed by atoms with Gasteiger partial charge in [0, 0.05) is 23.2 Å². The largest absolute Gasteiger partial charge is 0.367 e. The molecule has 2 fully saturated rings. The van der Waals surface area contributed by atoms with E-state index < -0.39 is 17.5 Å². The van der Waals surface area contributed by atoms with Gasteiger partial charge in [-0.3, -0.25) is 14.9 Å². The fourth-order valence-corrected chi connectivity index (χ4v) is 3.23. The van der Waals surface area contributed by atoms with Crippen LogP contribution in [0, 0.1) is 11.6 Å². The van der Waals surface area contributed by atoms with E-state index in [1.54, 1.807) is 16.7 Å². The summed E-state index contributed by atoms with van der Waals surface area (Å²) in [6, 6.07) is 5.80. The highest BCUT2D eigenvalue weighted by Crippen LogP contribution is 2.29. The monoisotopic (exact) mass is 410 g/mol. The van der Waals surface area contributed by atoms with Crippen molar-refractivity contribution in [1.29, 1.82) is 0 Å². The number of carbonyl (C=O) groups excluding carboxylic acids is 2. The summed E-state index contributed by atoms with van der Waals surface area (Å²) in [5.74, 6) is -1.89. The summed E-state index contributed by atoms with van der Waals surface area (Å²) in [5.41, 5.74) is 1.18. The van der Waals surface area contributed by atoms with E-state index in [2.05, 4.69) is 26.0 Å². The molecule has 1 aliphatic heterocycles. The van der Waals surface area contributed by atoms with Gasteiger partial charge >= 0.3 is 0 Å². The molecule has 8 nitrogen and oxygen atoms in total. The first-order valence-corrected chi connectivity index (χ1v) is 9.39. The molecule has 2 aromatic heterocycles. The van der Waals surface area contributed by atoms with Crippen LogP contribution in [0.25, 0.3) is 11.7 Å². The van der Waals surface area contributed by atoms with Crippen molar-refractivity contribution in [3.8, 4) is 0 Å². The molecule has 30 heavy (non-hydrogen) atoms. The minimum Gasteiger partial charge on any atom is -0.367 e. The summed E-state index contributed by atoms with van der Waals surface area (Å²) in [5, 5.41) is 12.7. The maximum atomic E-state index is 14.1. The van der Waals surface area contributed by atoms with Gasteiger partial charge in [-0.25, -0.2) is 13.8 Å². The molecule has 152 valence electrons. The standard InChI is InChI=1S/C20H16F2N6O2/c21-13-2-1-3-14(18(13)22)25-15-8-16(24-12-4-5-12)28-19(26-15)11(9-23-28)6-10-7-17(29)27-20(10)30/h1-3,6,8-9,12,24H,4-5,7H2,(H,25,26)(H,27,29,30). The third kappa shape index (κ3) is 3.36. The molecule has 3 aromatic rings. The van der Waals surface area contributed by atoms with Crippen molar-refractivity contribution in [3.63, 3.8) is 0 Å². The van der Waals surface area contributed by atoms with Crippen LogP contribution >= 0.6 is 0 Å². The van der Waals surface area contributed by atoms with E-state index in [1.165, 1.54) is 18.3 Å². The van der Waals surface area contributed by atoms with Crippen LogP contribution in [-0.2, 0) is 9.59 Å². The van der Waals surface area contributed by atoms with Crippen molar-refractivity contribution in [1.82, 2.24) is 19.9 Å². The quantitative estimate of drug-likeness (QED) is 0.442. The summed E-state index contributed by atoms with van der Waals surface area (Å²) in [4.78, 5) is 27.8. The number of hydrogen-bond donors (Lipinski definition) is 3. The molecule has 2 aliphatic rings. The molecule has 1 saturated carbocycles. The van der Waals surface area contributed by atoms with Gasteiger partial charge in [0.2, 0.25) is 5.91 Å². The lowest BCUT2D eigenvalue weighted by Gasteiger charge is -2.12. The van der Waals surface area contributed by atoms with Gasteiger partial charge in [0.1, 0.15) is 11.6 Å². The molecule has 1 aromatic carbocycles. The van der Waals surface area contributed by atoms with Crippen LogP contribution in [0.5, 0.6) is 0 Å². The second-order valence-electron chi connectivity index (χ2n) is 7.23. The Morgan fingerprint density at radius 3 is 2.80 bits per heavy atom. The van der Waals surface area contributed by atoms with E-state index in [4.69, 9.17) is 0 Å². The fraction of sp³-hybridized carbons (Fsp3) is 0.200. The molecule has 2 amide bonds. The fourth-order valence-electron chi connectivity index (χ4n) is 3.23. The maximum Gasteiger partial charge on any atom is 0.254 e. The van der Waals surface area contributed by atoms with Crippen LogP contribution < -0.4 is 16.0 Å². The predicted molar refractivity (Wildman–Crippen MR) is 105 cm³/mol. The number of imide groups is 1. The Labute approximate surface area is 169 Å². The Hall–Kier alpha value is -3.82. The summed E-state index contributed by atoms with van der Waals surface area (Å²) in [7, 11) is 0. The number of carbonyl (C=O) groups is 2. The molecular formula is C20H16F2N6O2. The van der Waals surface area contributed by atoms with Crippen molar-refractivity contribution in [2.75, 3.05) is 10.6 Å². The Kier molecular flexibility index (Phi) is 4.19. The first-order valence-electron chi connectivity index (χ1n) is 9.39. The van der Waals surface area contributed by atoms with Gasteiger partial charge in [-0.15, -0.1) is 0 Å². The van der Waals surface area contributed by atoms with Crippen molar-refractivity contribution in [2.45, 2.75) is 25.3 Å². The van der Waals surface area contributed by atoms with Crippen LogP contribution in [0.15, 0.2) is 36.0 Å². The highest BCUT2D eigenvalue weighted by atomic mass is 19.2. The van der Waals surface area contributed by atoms with Gasteiger partial charge < -0.3 is 10.6 Å². The Bertz CT molecular complexity index is 1230. The van der Waals surface area contributed by atoms with Gasteiger partial charge in [-0.05, 0) is 31.1 Å². The lowest BCUT2D eigenvalue weighted by atomic mass is 10.1. The number of halogens is 2. The van der Waals surface area contributed by atoms with Gasteiger partial charge in [0.05, 0.1) is 18.3 Å². The van der Waals surface area contributed by atoms with Crippen molar-refractivity contribution in [3.05, 3.63) is 53.2 Å². The molecule has 0 unspecified atom stereocenters. The average molecular weight is 410 g/mol. The molecule has 0 radical (unpaired) electrons. The molecular weight excluding hydrogens is 394 g/mol. The Morgan fingerprint density at radius 1 is 1.23 bits per heavy atom. The minimum absolute atomic E-state index is 0.0181. The van der Waals surface area contributed by atoms with Crippen molar-refractivity contribution < 1.29 is 18.4 Å². The Morgan fingerprint density at radius 2 is 2.07 bits per heavy atom. The van der Waals surface area contributed by atoms with E-state index in [1.807, 2.05) is 0 Å². The number of aromatic nitrogens is 3. The number of fused-ring (bicyclic) bond motifs is 1. The molecule has 0 bridgehead atoms. The SMILES string of the molecule is O=C1CC(=Cc2cnn3c(NC4CC4)cc(Nc4cccc(F)c4F)nc23)C(=O)N1. The van der Waals surface area contributed by atoms with E-state index in [0.29, 0.717) is 28.6 Å². The second-order valence-corrected chi connectivity index (χ2v) is 7.23. The Balaban J connectivity index is 1.59. The first kappa shape index (κ1) is 18.2. The van der Waals surface area contributed by atoms with Crippen molar-refractivity contribution in [2.24, 2.45) is 0 Å². The lowest BCUT2D eigenvalue weighted by Crippen LogP contribution is -2.19. The third-order valence-electron chi connectivity index (χ3n) is 4.87. The zero-order valence-corrected chi connectivity index (χ0v) is 15.6. The number of rotatable bonds is 5. The highest BCUT2D eigenvalue weighted by Gasteiger charge is 2.26. The smallest absolute Gasteiger partial charge is 0.254 e. The molecule has 3 N–H and O–H groups in total. The molecule has 1 aliphatic carbocycles. The van der Waals surface area contributed by atoms with E-state index in [0.717, 1.165) is 18.9 Å². The molecule has 10 heteroatoms. The summed E-state index contributed by atoms with van der Waals surface area (Å²) >= 11 is 0. The van der Waals surface area contributed by atoms with E-state index in [-0.39, 0.29) is 23.8 Å². The second kappa shape index (κ2) is 6.90. The molecule has 3 heterocycles. The predicted octanol–water partition coefficient (Wildman–Crippen LogP) is 2.76. The van der Waals surface area contributed by atoms with Gasteiger partial charge in [-0.1, -0.05) is 6.07 Å². The molecule has 1 saturated heterocycles. The maximum absolute atomic E-state index is 14.1. The molecule has 0 spiro atoms. The van der Waals surface area contributed by atoms with E-state index in [9.17, 15) is 18.4 Å². The van der Waals surface area contributed by atoms with Crippen LogP contribution in [0.4, 0.5) is 26.1 Å². The van der Waals surface area contributed by atoms with Crippen molar-refractivity contribution >= 4 is 40.9 Å². The third-order valence-corrected chi connectivity index (χ3v) is 4.87. The van der Waals surface area contributed by atoms with E-state index >= 15 is 0 Å². The zero-order valence-electron chi connectivity index (χ0n) is 15.6. The molecule has 5 rings (SSSR count). The lowest BCUT2D eigenvalue weighted by molar-refractivity contribution is -0.124. The number of hydrogen-bond acceptors (Lipinski definition) is 6. The van der Waals surface area contributed by atoms with Gasteiger partial charge in [0.25, 0.3) is 5.91 Å². The first-order chi connectivity index (χ1) is 14.5. The summed E-state index contributed by atoms with van der Waals surface area (Å²) in [6.07, 6.45) is 5.12.